The van der Waals surface area contributed by atoms with Gasteiger partial charge in [0, 0.05) is 28.0 Å². The van der Waals surface area contributed by atoms with Crippen LogP contribution in [0.3, 0.4) is 0 Å². The van der Waals surface area contributed by atoms with Gasteiger partial charge in [-0.1, -0.05) is 47.5 Å². The molecule has 1 aliphatic heterocycles. The van der Waals surface area contributed by atoms with Gasteiger partial charge in [-0.2, -0.15) is 0 Å². The minimum absolute atomic E-state index is 0.00339. The number of hydrogen-bond acceptors (Lipinski definition) is 2. The fraction of sp³-hybridized carbons (Fsp3) is 0.182. The van der Waals surface area contributed by atoms with Crippen molar-refractivity contribution in [3.63, 3.8) is 0 Å². The molecule has 4 nitrogen and oxygen atoms in total. The summed E-state index contributed by atoms with van der Waals surface area (Å²) in [5.41, 5.74) is 2.56. The van der Waals surface area contributed by atoms with E-state index in [4.69, 9.17) is 23.2 Å². The Morgan fingerprint density at radius 2 is 1.89 bits per heavy atom. The number of benzene rings is 2. The van der Waals surface area contributed by atoms with Gasteiger partial charge in [-0.25, -0.2) is 0 Å². The van der Waals surface area contributed by atoms with Crippen LogP contribution in [-0.2, 0) is 13.0 Å². The molecule has 0 bridgehead atoms. The average molecular weight is 413 g/mol. The summed E-state index contributed by atoms with van der Waals surface area (Å²) in [7, 11) is 0. The van der Waals surface area contributed by atoms with E-state index in [1.807, 2.05) is 31.2 Å². The Balaban J connectivity index is 1.69. The Morgan fingerprint density at radius 1 is 1.11 bits per heavy atom. The number of halogens is 2. The molecule has 3 aromatic rings. The zero-order valence-electron chi connectivity index (χ0n) is 15.2. The molecule has 4 rings (SSSR count). The Hall–Kier alpha value is -2.56. The van der Waals surface area contributed by atoms with Crippen LogP contribution in [0.1, 0.15) is 28.4 Å². The van der Waals surface area contributed by atoms with Gasteiger partial charge in [0.05, 0.1) is 6.54 Å². The Morgan fingerprint density at radius 3 is 2.68 bits per heavy atom. The van der Waals surface area contributed by atoms with Crippen molar-refractivity contribution in [3.05, 3.63) is 97.9 Å². The summed E-state index contributed by atoms with van der Waals surface area (Å²) in [6, 6.07) is 16.3. The monoisotopic (exact) mass is 412 g/mol. The van der Waals surface area contributed by atoms with E-state index in [0.717, 1.165) is 23.2 Å². The number of hydrogen-bond donors (Lipinski definition) is 0. The minimum Gasteiger partial charge on any atom is -0.310 e. The molecule has 0 N–H and O–H groups in total. The molecule has 0 saturated heterocycles. The standard InChI is InChI=1S/C22H18Cl2N2O2/c1-14-11-15-5-2-3-7-20(15)26(14)22(28)18-6-4-10-25(21(18)27)13-16-8-9-17(23)12-19(16)24/h2-10,12,14H,11,13H2,1H3/t14-/m0/s1. The molecule has 0 fully saturated rings. The third-order valence-electron chi connectivity index (χ3n) is 5.03. The van der Waals surface area contributed by atoms with Crippen molar-refractivity contribution in [2.45, 2.75) is 25.9 Å². The summed E-state index contributed by atoms with van der Waals surface area (Å²) in [5.74, 6) is -0.279. The molecule has 1 amide bonds. The zero-order chi connectivity index (χ0) is 19.8. The van der Waals surface area contributed by atoms with Gasteiger partial charge in [0.1, 0.15) is 5.56 Å². The molecule has 2 aromatic carbocycles. The molecular weight excluding hydrogens is 395 g/mol. The van der Waals surface area contributed by atoms with Gasteiger partial charge in [0.2, 0.25) is 0 Å². The number of para-hydroxylation sites is 1. The van der Waals surface area contributed by atoms with Gasteiger partial charge in [0.15, 0.2) is 0 Å². The lowest BCUT2D eigenvalue weighted by Gasteiger charge is -2.22. The first-order valence-electron chi connectivity index (χ1n) is 9.00. The highest BCUT2D eigenvalue weighted by atomic mass is 35.5. The third kappa shape index (κ3) is 3.34. The molecule has 28 heavy (non-hydrogen) atoms. The Labute approximate surface area is 172 Å². The number of rotatable bonds is 3. The van der Waals surface area contributed by atoms with E-state index >= 15 is 0 Å². The number of pyridine rings is 1. The number of amides is 1. The topological polar surface area (TPSA) is 42.3 Å². The number of fused-ring (bicyclic) bond motifs is 1. The van der Waals surface area contributed by atoms with E-state index in [1.165, 1.54) is 4.57 Å². The highest BCUT2D eigenvalue weighted by Gasteiger charge is 2.32. The van der Waals surface area contributed by atoms with Crippen LogP contribution in [0.25, 0.3) is 0 Å². The number of anilines is 1. The molecule has 2 heterocycles. The van der Waals surface area contributed by atoms with Gasteiger partial charge >= 0.3 is 0 Å². The predicted molar refractivity (Wildman–Crippen MR) is 113 cm³/mol. The van der Waals surface area contributed by atoms with Gasteiger partial charge in [-0.05, 0) is 54.8 Å². The van der Waals surface area contributed by atoms with E-state index in [9.17, 15) is 9.59 Å². The lowest BCUT2D eigenvalue weighted by molar-refractivity contribution is 0.0979. The van der Waals surface area contributed by atoms with Crippen LogP contribution in [0.5, 0.6) is 0 Å². The molecule has 0 saturated carbocycles. The molecule has 1 aromatic heterocycles. The third-order valence-corrected chi connectivity index (χ3v) is 5.62. The summed E-state index contributed by atoms with van der Waals surface area (Å²) < 4.78 is 1.50. The molecule has 6 heteroatoms. The quantitative estimate of drug-likeness (QED) is 0.620. The zero-order valence-corrected chi connectivity index (χ0v) is 16.7. The van der Waals surface area contributed by atoms with Crippen molar-refractivity contribution < 1.29 is 4.79 Å². The summed E-state index contributed by atoms with van der Waals surface area (Å²) in [6.07, 6.45) is 2.44. The molecule has 1 aliphatic rings. The Bertz CT molecular complexity index is 1120. The van der Waals surface area contributed by atoms with Gasteiger partial charge in [0.25, 0.3) is 11.5 Å². The molecule has 142 valence electrons. The fourth-order valence-electron chi connectivity index (χ4n) is 3.66. The number of carbonyl (C=O) groups excluding carboxylic acids is 1. The normalized spacial score (nSPS) is 15.5. The van der Waals surface area contributed by atoms with Crippen LogP contribution in [0.4, 0.5) is 5.69 Å². The van der Waals surface area contributed by atoms with Crippen LogP contribution in [0.2, 0.25) is 10.0 Å². The maximum atomic E-state index is 13.2. The highest BCUT2D eigenvalue weighted by molar-refractivity contribution is 6.35. The molecular formula is C22H18Cl2N2O2. The van der Waals surface area contributed by atoms with E-state index in [-0.39, 0.29) is 29.6 Å². The lowest BCUT2D eigenvalue weighted by Crippen LogP contribution is -2.39. The number of aromatic nitrogens is 1. The molecule has 0 spiro atoms. The fourth-order valence-corrected chi connectivity index (χ4v) is 4.13. The maximum Gasteiger partial charge on any atom is 0.264 e. The van der Waals surface area contributed by atoms with Gasteiger partial charge < -0.3 is 9.47 Å². The first-order chi connectivity index (χ1) is 13.5. The first-order valence-corrected chi connectivity index (χ1v) is 9.76. The average Bonchev–Trinajstić information content (AvgIpc) is 3.00. The van der Waals surface area contributed by atoms with E-state index in [2.05, 4.69) is 0 Å². The van der Waals surface area contributed by atoms with Crippen molar-refractivity contribution in [2.24, 2.45) is 0 Å². The summed E-state index contributed by atoms with van der Waals surface area (Å²) in [6.45, 7) is 2.26. The molecule has 0 radical (unpaired) electrons. The second kappa shape index (κ2) is 7.46. The number of nitrogens with zero attached hydrogens (tertiary/aromatic N) is 2. The van der Waals surface area contributed by atoms with Gasteiger partial charge in [-0.15, -0.1) is 0 Å². The smallest absolute Gasteiger partial charge is 0.264 e. The maximum absolute atomic E-state index is 13.2. The largest absolute Gasteiger partial charge is 0.310 e. The van der Waals surface area contributed by atoms with Crippen LogP contribution in [0.15, 0.2) is 65.6 Å². The molecule has 1 atom stereocenters. The second-order valence-corrected chi connectivity index (χ2v) is 7.79. The highest BCUT2D eigenvalue weighted by Crippen LogP contribution is 2.32. The number of carbonyl (C=O) groups is 1. The summed E-state index contributed by atoms with van der Waals surface area (Å²) in [5, 5.41) is 1.02. The minimum atomic E-state index is -0.338. The lowest BCUT2D eigenvalue weighted by atomic mass is 10.1. The van der Waals surface area contributed by atoms with Crippen molar-refractivity contribution >= 4 is 34.8 Å². The molecule has 0 unspecified atom stereocenters. The summed E-state index contributed by atoms with van der Waals surface area (Å²) >= 11 is 12.2. The molecule has 0 aliphatic carbocycles. The predicted octanol–water partition coefficient (Wildman–Crippen LogP) is 4.79. The van der Waals surface area contributed by atoms with Crippen molar-refractivity contribution in [1.82, 2.24) is 4.57 Å². The van der Waals surface area contributed by atoms with E-state index < -0.39 is 0 Å². The Kier molecular flexibility index (Phi) is 5.00. The SMILES string of the molecule is C[C@H]1Cc2ccccc2N1C(=O)c1cccn(Cc2ccc(Cl)cc2Cl)c1=O. The van der Waals surface area contributed by atoms with E-state index in [1.54, 1.807) is 41.4 Å². The summed E-state index contributed by atoms with van der Waals surface area (Å²) in [4.78, 5) is 28.0. The second-order valence-electron chi connectivity index (χ2n) is 6.95. The van der Waals surface area contributed by atoms with Crippen molar-refractivity contribution in [1.29, 1.82) is 0 Å². The van der Waals surface area contributed by atoms with Crippen molar-refractivity contribution in [3.8, 4) is 0 Å². The van der Waals surface area contributed by atoms with Crippen LogP contribution in [-0.4, -0.2) is 16.5 Å². The van der Waals surface area contributed by atoms with Gasteiger partial charge in [-0.3, -0.25) is 9.59 Å². The first kappa shape index (κ1) is 18.8. The van der Waals surface area contributed by atoms with Crippen LogP contribution < -0.4 is 10.5 Å². The van der Waals surface area contributed by atoms with Crippen molar-refractivity contribution in [2.75, 3.05) is 4.90 Å². The van der Waals surface area contributed by atoms with Crippen LogP contribution in [0, 0.1) is 0 Å². The van der Waals surface area contributed by atoms with E-state index in [0.29, 0.717) is 10.0 Å². The van der Waals surface area contributed by atoms with Crippen LogP contribution >= 0.6 is 23.2 Å².